The Labute approximate surface area is 90.8 Å². The quantitative estimate of drug-likeness (QED) is 0.500. The predicted molar refractivity (Wildman–Crippen MR) is 66.4 cm³/mol. The molecule has 2 unspecified atom stereocenters. The van der Waals surface area contributed by atoms with Crippen LogP contribution in [0.5, 0.6) is 0 Å². The summed E-state index contributed by atoms with van der Waals surface area (Å²) in [4.78, 5) is 0. The van der Waals surface area contributed by atoms with E-state index in [1.165, 1.54) is 31.3 Å². The zero-order valence-corrected chi connectivity index (χ0v) is 10.8. The van der Waals surface area contributed by atoms with Crippen LogP contribution in [0.4, 0.5) is 0 Å². The van der Waals surface area contributed by atoms with E-state index in [9.17, 15) is 0 Å². The van der Waals surface area contributed by atoms with Gasteiger partial charge in [-0.1, -0.05) is 46.1 Å². The van der Waals surface area contributed by atoms with Crippen molar-refractivity contribution < 1.29 is 0 Å². The van der Waals surface area contributed by atoms with Crippen molar-refractivity contribution in [1.29, 1.82) is 0 Å². The Hall–Kier alpha value is -0.260. The maximum Gasteiger partial charge on any atom is -0.0300 e. The highest BCUT2D eigenvalue weighted by molar-refractivity contribution is 4.89. The van der Waals surface area contributed by atoms with Gasteiger partial charge in [0.15, 0.2) is 0 Å². The molecule has 0 aromatic rings. The minimum Gasteiger partial charge on any atom is -0.100 e. The standard InChI is InChI=1S/C14H28/c1-11(2)7-8-13(5)10-14(6)9-12(3)4/h11,13-14H,3,7-10H2,1-2,4-6H3. The number of hydrogen-bond acceptors (Lipinski definition) is 0. The Morgan fingerprint density at radius 3 is 2.00 bits per heavy atom. The molecule has 0 aromatic heterocycles. The van der Waals surface area contributed by atoms with Gasteiger partial charge in [-0.2, -0.15) is 0 Å². The Bertz CT molecular complexity index is 155. The van der Waals surface area contributed by atoms with Gasteiger partial charge in [-0.25, -0.2) is 0 Å². The van der Waals surface area contributed by atoms with E-state index in [2.05, 4.69) is 41.2 Å². The van der Waals surface area contributed by atoms with Crippen LogP contribution in [-0.2, 0) is 0 Å². The van der Waals surface area contributed by atoms with Crippen LogP contribution in [0.25, 0.3) is 0 Å². The monoisotopic (exact) mass is 196 g/mol. The van der Waals surface area contributed by atoms with Crippen molar-refractivity contribution in [3.63, 3.8) is 0 Å². The number of rotatable bonds is 7. The van der Waals surface area contributed by atoms with Gasteiger partial charge in [0.2, 0.25) is 0 Å². The van der Waals surface area contributed by atoms with Crippen LogP contribution in [0.1, 0.15) is 60.3 Å². The van der Waals surface area contributed by atoms with Crippen LogP contribution in [0.15, 0.2) is 12.2 Å². The molecule has 0 aromatic carbocycles. The first-order valence-electron chi connectivity index (χ1n) is 6.06. The zero-order chi connectivity index (χ0) is 11.1. The van der Waals surface area contributed by atoms with Crippen molar-refractivity contribution in [2.45, 2.75) is 60.3 Å². The van der Waals surface area contributed by atoms with Gasteiger partial charge in [-0.15, -0.1) is 6.58 Å². The average molecular weight is 196 g/mol. The molecule has 14 heavy (non-hydrogen) atoms. The second-order valence-corrected chi connectivity index (χ2v) is 5.58. The summed E-state index contributed by atoms with van der Waals surface area (Å²) in [6.45, 7) is 15.5. The van der Waals surface area contributed by atoms with E-state index in [0.29, 0.717) is 0 Å². The minimum absolute atomic E-state index is 0.815. The molecule has 0 fully saturated rings. The van der Waals surface area contributed by atoms with E-state index in [0.717, 1.165) is 17.8 Å². The fourth-order valence-corrected chi connectivity index (χ4v) is 2.10. The Morgan fingerprint density at radius 2 is 1.57 bits per heavy atom. The summed E-state index contributed by atoms with van der Waals surface area (Å²) in [6, 6.07) is 0. The molecular weight excluding hydrogens is 168 g/mol. The van der Waals surface area contributed by atoms with Crippen LogP contribution in [0.3, 0.4) is 0 Å². The maximum absolute atomic E-state index is 3.98. The van der Waals surface area contributed by atoms with Crippen molar-refractivity contribution in [3.8, 4) is 0 Å². The second-order valence-electron chi connectivity index (χ2n) is 5.58. The topological polar surface area (TPSA) is 0 Å². The molecule has 0 N–H and O–H groups in total. The summed E-state index contributed by atoms with van der Waals surface area (Å²) < 4.78 is 0. The van der Waals surface area contributed by atoms with Gasteiger partial charge in [0.25, 0.3) is 0 Å². The van der Waals surface area contributed by atoms with E-state index in [-0.39, 0.29) is 0 Å². The summed E-state index contributed by atoms with van der Waals surface area (Å²) in [5.41, 5.74) is 1.33. The molecule has 0 bridgehead atoms. The number of hydrogen-bond donors (Lipinski definition) is 0. The molecule has 0 spiro atoms. The first-order chi connectivity index (χ1) is 6.41. The van der Waals surface area contributed by atoms with Crippen molar-refractivity contribution >= 4 is 0 Å². The first-order valence-corrected chi connectivity index (χ1v) is 6.06. The smallest absolute Gasteiger partial charge is 0.0300 e. The highest BCUT2D eigenvalue weighted by Gasteiger charge is 2.09. The summed E-state index contributed by atoms with van der Waals surface area (Å²) in [7, 11) is 0. The molecule has 0 heterocycles. The summed E-state index contributed by atoms with van der Waals surface area (Å²) >= 11 is 0. The molecule has 0 rings (SSSR count). The number of allylic oxidation sites excluding steroid dienone is 1. The first kappa shape index (κ1) is 13.7. The van der Waals surface area contributed by atoms with Crippen molar-refractivity contribution in [2.24, 2.45) is 17.8 Å². The lowest BCUT2D eigenvalue weighted by Crippen LogP contribution is -2.05. The third-order valence-electron chi connectivity index (χ3n) is 2.74. The van der Waals surface area contributed by atoms with Gasteiger partial charge in [-0.3, -0.25) is 0 Å². The highest BCUT2D eigenvalue weighted by atomic mass is 14.1. The maximum atomic E-state index is 3.98. The fourth-order valence-electron chi connectivity index (χ4n) is 2.10. The molecule has 0 aliphatic heterocycles. The van der Waals surface area contributed by atoms with Gasteiger partial charge in [0.05, 0.1) is 0 Å². The molecule has 0 nitrogen and oxygen atoms in total. The SMILES string of the molecule is C=C(C)CC(C)CC(C)CCC(C)C. The minimum atomic E-state index is 0.815. The van der Waals surface area contributed by atoms with Crippen LogP contribution in [0.2, 0.25) is 0 Å². The van der Waals surface area contributed by atoms with E-state index in [4.69, 9.17) is 0 Å². The third-order valence-corrected chi connectivity index (χ3v) is 2.74. The zero-order valence-electron chi connectivity index (χ0n) is 10.8. The van der Waals surface area contributed by atoms with Gasteiger partial charge < -0.3 is 0 Å². The molecule has 0 heteroatoms. The second kappa shape index (κ2) is 7.09. The molecule has 0 saturated heterocycles. The largest absolute Gasteiger partial charge is 0.100 e. The van der Waals surface area contributed by atoms with E-state index < -0.39 is 0 Å². The molecule has 0 amide bonds. The Morgan fingerprint density at radius 1 is 1.00 bits per heavy atom. The fraction of sp³-hybridized carbons (Fsp3) is 0.857. The highest BCUT2D eigenvalue weighted by Crippen LogP contribution is 2.22. The van der Waals surface area contributed by atoms with E-state index in [1.807, 2.05) is 0 Å². The lowest BCUT2D eigenvalue weighted by Gasteiger charge is -2.18. The van der Waals surface area contributed by atoms with Crippen molar-refractivity contribution in [2.75, 3.05) is 0 Å². The Balaban J connectivity index is 3.59. The molecule has 84 valence electrons. The third kappa shape index (κ3) is 8.34. The van der Waals surface area contributed by atoms with Crippen molar-refractivity contribution in [1.82, 2.24) is 0 Å². The van der Waals surface area contributed by atoms with Crippen LogP contribution < -0.4 is 0 Å². The van der Waals surface area contributed by atoms with E-state index in [1.54, 1.807) is 0 Å². The molecule has 0 saturated carbocycles. The summed E-state index contributed by atoms with van der Waals surface area (Å²) in [5.74, 6) is 2.55. The van der Waals surface area contributed by atoms with E-state index >= 15 is 0 Å². The molecular formula is C14H28. The van der Waals surface area contributed by atoms with Crippen LogP contribution in [0, 0.1) is 17.8 Å². The summed E-state index contributed by atoms with van der Waals surface area (Å²) in [5, 5.41) is 0. The predicted octanol–water partition coefficient (Wildman–Crippen LogP) is 5.05. The average Bonchev–Trinajstić information content (AvgIpc) is 1.98. The normalized spacial score (nSPS) is 15.6. The van der Waals surface area contributed by atoms with Gasteiger partial charge in [0.1, 0.15) is 0 Å². The molecule has 0 aliphatic rings. The van der Waals surface area contributed by atoms with Crippen LogP contribution in [-0.4, -0.2) is 0 Å². The van der Waals surface area contributed by atoms with Crippen molar-refractivity contribution in [3.05, 3.63) is 12.2 Å². The lowest BCUT2D eigenvalue weighted by molar-refractivity contribution is 0.365. The lowest BCUT2D eigenvalue weighted by atomic mass is 9.88. The summed E-state index contributed by atoms with van der Waals surface area (Å²) in [6.07, 6.45) is 5.32. The van der Waals surface area contributed by atoms with Gasteiger partial charge in [0, 0.05) is 0 Å². The molecule has 0 radical (unpaired) electrons. The van der Waals surface area contributed by atoms with Gasteiger partial charge in [-0.05, 0) is 37.5 Å². The van der Waals surface area contributed by atoms with Gasteiger partial charge >= 0.3 is 0 Å². The van der Waals surface area contributed by atoms with Crippen LogP contribution >= 0.6 is 0 Å². The Kier molecular flexibility index (Phi) is 6.96. The molecule has 0 aliphatic carbocycles. The molecule has 2 atom stereocenters.